The Morgan fingerprint density at radius 3 is 2.56 bits per heavy atom. The second kappa shape index (κ2) is 13.7. The van der Waals surface area contributed by atoms with Gasteiger partial charge in [-0.15, -0.1) is 0 Å². The zero-order valence-electron chi connectivity index (χ0n) is 19.0. The summed E-state index contributed by atoms with van der Waals surface area (Å²) in [6.07, 6.45) is 2.09. The summed E-state index contributed by atoms with van der Waals surface area (Å²) in [4.78, 5) is 52.2. The number of phosphoric acid groups is 1. The van der Waals surface area contributed by atoms with Crippen LogP contribution in [0.4, 0.5) is 5.82 Å². The molecule has 0 saturated carbocycles. The van der Waals surface area contributed by atoms with Crippen molar-refractivity contribution in [1.29, 1.82) is 0 Å². The smallest absolute Gasteiger partial charge is 1.00 e. The molecule has 0 bridgehead atoms. The molecule has 4 N–H and O–H groups in total. The van der Waals surface area contributed by atoms with E-state index in [2.05, 4.69) is 14.5 Å². The summed E-state index contributed by atoms with van der Waals surface area (Å²) in [5.41, 5.74) is 7.29. The van der Waals surface area contributed by atoms with Crippen molar-refractivity contribution in [2.45, 2.75) is 26.8 Å². The number of rotatable bonds is 10. The van der Waals surface area contributed by atoms with Crippen molar-refractivity contribution in [2.75, 3.05) is 12.3 Å². The number of carbonyl (C=O) groups is 2. The van der Waals surface area contributed by atoms with E-state index in [0.29, 0.717) is 34.0 Å². The maximum Gasteiger partial charge on any atom is 1.00 e. The van der Waals surface area contributed by atoms with E-state index >= 15 is 0 Å². The second-order valence-electron chi connectivity index (χ2n) is 6.40. The van der Waals surface area contributed by atoms with Gasteiger partial charge in [0.15, 0.2) is 0 Å². The number of amides is 1. The summed E-state index contributed by atoms with van der Waals surface area (Å²) in [5.74, 6) is 0.719. The Kier molecular flexibility index (Phi) is 12.5. The Bertz CT molecular complexity index is 1020. The zero-order chi connectivity index (χ0) is 23.0. The van der Waals surface area contributed by atoms with Crippen molar-refractivity contribution in [2.24, 2.45) is 0 Å². The third-order valence-corrected chi connectivity index (χ3v) is 5.82. The van der Waals surface area contributed by atoms with E-state index in [4.69, 9.17) is 15.5 Å². The van der Waals surface area contributed by atoms with E-state index < -0.39 is 7.82 Å². The van der Waals surface area contributed by atoms with Crippen molar-refractivity contribution in [1.82, 2.24) is 14.9 Å². The van der Waals surface area contributed by atoms with Crippen LogP contribution < -0.4 is 57.1 Å². The van der Waals surface area contributed by atoms with Crippen LogP contribution in [0, 0.1) is 6.92 Å². The van der Waals surface area contributed by atoms with Crippen LogP contribution in [-0.2, 0) is 20.4 Å². The van der Waals surface area contributed by atoms with Crippen LogP contribution >= 0.6 is 19.6 Å². The summed E-state index contributed by atoms with van der Waals surface area (Å²) >= 11 is 0.862. The first-order chi connectivity index (χ1) is 14.6. The van der Waals surface area contributed by atoms with Crippen LogP contribution in [0.5, 0.6) is 0 Å². The molecule has 13 heteroatoms. The average molecular weight is 507 g/mol. The molecule has 0 unspecified atom stereocenters. The molecule has 0 spiro atoms. The largest absolute Gasteiger partial charge is 1.00 e. The molecule has 1 aromatic carbocycles. The van der Waals surface area contributed by atoms with Gasteiger partial charge in [0.2, 0.25) is 11.5 Å². The summed E-state index contributed by atoms with van der Waals surface area (Å²) in [6.45, 7) is 3.03. The van der Waals surface area contributed by atoms with Gasteiger partial charge in [0.1, 0.15) is 11.6 Å². The third kappa shape index (κ3) is 9.52. The number of thioether (sulfide) groups is 1. The fourth-order valence-electron chi connectivity index (χ4n) is 2.52. The summed E-state index contributed by atoms with van der Waals surface area (Å²) in [6, 6.07) is 8.52. The molecule has 0 aliphatic rings. The molecule has 2 aromatic rings. The number of nitrogens with two attached hydrogens (primary N) is 1. The summed E-state index contributed by atoms with van der Waals surface area (Å²) in [5, 5.41) is -0.282. The fourth-order valence-corrected chi connectivity index (χ4v) is 3.78. The van der Waals surface area contributed by atoms with E-state index in [1.807, 2.05) is 0 Å². The van der Waals surface area contributed by atoms with Crippen molar-refractivity contribution < 1.29 is 81.3 Å². The Balaban J connectivity index is 0.00000512. The fraction of sp³-hybridized carbons (Fsp3) is 0.263. The molecule has 0 fully saturated rings. The van der Waals surface area contributed by atoms with Crippen molar-refractivity contribution in [3.05, 3.63) is 64.1 Å². The van der Waals surface area contributed by atoms with E-state index in [-0.39, 0.29) is 83.3 Å². The van der Waals surface area contributed by atoms with Crippen molar-refractivity contribution in [3.8, 4) is 0 Å². The molecule has 0 saturated heterocycles. The first-order valence-corrected chi connectivity index (χ1v) is 11.4. The maximum absolute atomic E-state index is 12.7. The van der Waals surface area contributed by atoms with E-state index in [1.54, 1.807) is 44.2 Å². The molecule has 168 valence electrons. The number of phosphoric ester groups is 1. The molecule has 1 amide bonds. The van der Waals surface area contributed by atoms with Crippen LogP contribution in [0.1, 0.15) is 36.5 Å². The minimum absolute atomic E-state index is 0. The Morgan fingerprint density at radius 2 is 2.00 bits per heavy atom. The molecular formula is C19H24KN4O6PS. The van der Waals surface area contributed by atoms with Crippen LogP contribution in [0.3, 0.4) is 0 Å². The molecule has 0 radical (unpaired) electrons. The molecule has 32 heavy (non-hydrogen) atoms. The molecule has 1 heterocycles. The van der Waals surface area contributed by atoms with Crippen LogP contribution in [0.15, 0.2) is 47.1 Å². The van der Waals surface area contributed by atoms with E-state index in [0.717, 1.165) is 11.8 Å². The standard InChI is InChI=1S/C19H23N4O6PS.K.H/c1-13(23(12-24)11-16-10-21-14(2)22-18(16)20)17(8-9-29-30(26,27)28)31-19(25)15-6-4-3-5-7-15;;/h3-7,10,12H,8-9,11H2,1-2H3,(H2,20,21,22)(H2,26,27,28);;/q;+1;-1. The number of anilines is 1. The Morgan fingerprint density at radius 1 is 1.34 bits per heavy atom. The van der Waals surface area contributed by atoms with Gasteiger partial charge in [-0.05, 0) is 25.6 Å². The number of nitrogen functional groups attached to an aromatic ring is 1. The van der Waals surface area contributed by atoms with Gasteiger partial charge in [-0.1, -0.05) is 30.3 Å². The molecule has 1 aromatic heterocycles. The maximum atomic E-state index is 12.7. The van der Waals surface area contributed by atoms with Gasteiger partial charge in [-0.25, -0.2) is 14.5 Å². The Hall–Kier alpha value is -0.924. The predicted molar refractivity (Wildman–Crippen MR) is 118 cm³/mol. The molecule has 0 aliphatic heterocycles. The monoisotopic (exact) mass is 506 g/mol. The predicted octanol–water partition coefficient (Wildman–Crippen LogP) is -0.253. The molecule has 0 aliphatic carbocycles. The van der Waals surface area contributed by atoms with Gasteiger partial charge < -0.3 is 21.8 Å². The van der Waals surface area contributed by atoms with Gasteiger partial charge in [-0.3, -0.25) is 14.1 Å². The topological polar surface area (TPSA) is 156 Å². The Labute approximate surface area is 234 Å². The number of benzene rings is 1. The summed E-state index contributed by atoms with van der Waals surface area (Å²) in [7, 11) is -4.67. The van der Waals surface area contributed by atoms with Gasteiger partial charge in [0.05, 0.1) is 13.2 Å². The number of carbonyl (C=O) groups excluding carboxylic acids is 2. The van der Waals surface area contributed by atoms with Gasteiger partial charge >= 0.3 is 59.2 Å². The number of nitrogens with zero attached hydrogens (tertiary/aromatic N) is 3. The van der Waals surface area contributed by atoms with Gasteiger partial charge in [0, 0.05) is 34.3 Å². The second-order valence-corrected chi connectivity index (χ2v) is 8.71. The van der Waals surface area contributed by atoms with E-state index in [9.17, 15) is 14.2 Å². The van der Waals surface area contributed by atoms with Crippen LogP contribution in [0.25, 0.3) is 0 Å². The number of allylic oxidation sites excluding steroid dienone is 1. The quantitative estimate of drug-likeness (QED) is 0.223. The number of aryl methyl sites for hydroxylation is 1. The van der Waals surface area contributed by atoms with Gasteiger partial charge in [-0.2, -0.15) is 0 Å². The normalized spacial score (nSPS) is 11.9. The SMILES string of the molecule is CC(=C(CCOP(=O)(O)O)SC(=O)c1ccccc1)N(C=O)Cc1cnc(C)nc1N.[H-].[K+]. The van der Waals surface area contributed by atoms with Crippen molar-refractivity contribution >= 4 is 36.9 Å². The van der Waals surface area contributed by atoms with Crippen LogP contribution in [-0.4, -0.2) is 42.8 Å². The molecule has 0 atom stereocenters. The first-order valence-electron chi connectivity index (χ1n) is 9.07. The zero-order valence-corrected chi connectivity index (χ0v) is 22.8. The summed E-state index contributed by atoms with van der Waals surface area (Å²) < 4.78 is 15.5. The molecule has 2 rings (SSSR count). The molecular weight excluding hydrogens is 482 g/mol. The number of aromatic nitrogens is 2. The van der Waals surface area contributed by atoms with Crippen LogP contribution in [0.2, 0.25) is 0 Å². The number of hydrogen-bond donors (Lipinski definition) is 3. The third-order valence-electron chi connectivity index (χ3n) is 4.13. The first kappa shape index (κ1) is 29.1. The number of hydrogen-bond acceptors (Lipinski definition) is 8. The molecule has 10 nitrogen and oxygen atoms in total. The van der Waals surface area contributed by atoms with Gasteiger partial charge in [0.25, 0.3) is 0 Å². The average Bonchev–Trinajstić information content (AvgIpc) is 2.71. The van der Waals surface area contributed by atoms with E-state index in [1.165, 1.54) is 11.1 Å². The minimum Gasteiger partial charge on any atom is -1.00 e. The van der Waals surface area contributed by atoms with Crippen molar-refractivity contribution in [3.63, 3.8) is 0 Å². The minimum atomic E-state index is -4.67.